The molecule has 3 fully saturated rings. The number of aliphatic hydroxyl groups excluding tert-OH is 1. The highest BCUT2D eigenvalue weighted by atomic mass is 32.2. The molecule has 5 rings (SSSR count). The van der Waals surface area contributed by atoms with E-state index in [9.17, 15) is 19.5 Å². The van der Waals surface area contributed by atoms with E-state index in [1.165, 1.54) is 0 Å². The minimum Gasteiger partial charge on any atom is -0.494 e. The van der Waals surface area contributed by atoms with Crippen LogP contribution in [-0.2, 0) is 14.4 Å². The van der Waals surface area contributed by atoms with Gasteiger partial charge in [0.25, 0.3) is 5.91 Å². The molecule has 1 N–H and O–H groups in total. The summed E-state index contributed by atoms with van der Waals surface area (Å²) in [4.78, 5) is 49.1. The van der Waals surface area contributed by atoms with E-state index < -0.39 is 22.6 Å². The van der Waals surface area contributed by atoms with Crippen molar-refractivity contribution in [2.24, 2.45) is 11.8 Å². The first-order chi connectivity index (χ1) is 21.7. The number of benzene rings is 2. The Morgan fingerprint density at radius 2 is 1.78 bits per heavy atom. The van der Waals surface area contributed by atoms with Crippen LogP contribution in [0.15, 0.2) is 67.8 Å². The van der Waals surface area contributed by atoms with Gasteiger partial charge in [0, 0.05) is 42.9 Å². The van der Waals surface area contributed by atoms with Gasteiger partial charge in [-0.25, -0.2) is 0 Å². The molecule has 9 heteroatoms. The van der Waals surface area contributed by atoms with Crippen LogP contribution in [0.4, 0.5) is 11.4 Å². The molecule has 3 aliphatic rings. The van der Waals surface area contributed by atoms with Crippen molar-refractivity contribution in [3.05, 3.63) is 78.9 Å². The maximum Gasteiger partial charge on any atom is 0.251 e. The summed E-state index contributed by atoms with van der Waals surface area (Å²) in [6, 6.07) is 12.7. The molecule has 1 spiro atoms. The molecule has 3 aliphatic heterocycles. The lowest BCUT2D eigenvalue weighted by molar-refractivity contribution is -0.139. The molecule has 3 amide bonds. The van der Waals surface area contributed by atoms with E-state index in [4.69, 9.17) is 4.74 Å². The SMILES string of the molecule is C=CCN(C(=O)[C@@H]1[C@@H]2CCC3(S2)C(C(=O)N(CC=C)c2cc(C)ccc2C)N(CCCCO)C(=O)[C@H]13)c1ccc(OCC)cc1. The van der Waals surface area contributed by atoms with Crippen LogP contribution in [-0.4, -0.2) is 76.6 Å². The van der Waals surface area contributed by atoms with Gasteiger partial charge in [-0.2, -0.15) is 0 Å². The average Bonchev–Trinajstić information content (AvgIpc) is 3.67. The van der Waals surface area contributed by atoms with Gasteiger partial charge in [-0.15, -0.1) is 24.9 Å². The average molecular weight is 632 g/mol. The van der Waals surface area contributed by atoms with Crippen LogP contribution in [0.5, 0.6) is 5.75 Å². The fourth-order valence-corrected chi connectivity index (χ4v) is 9.67. The predicted octanol–water partition coefficient (Wildman–Crippen LogP) is 5.30. The lowest BCUT2D eigenvalue weighted by atomic mass is 9.70. The molecule has 3 saturated heterocycles. The number of nitrogens with zero attached hydrogens (tertiary/aromatic N) is 3. The Hall–Kier alpha value is -3.56. The number of amides is 3. The summed E-state index contributed by atoms with van der Waals surface area (Å²) in [6.45, 7) is 15.3. The fourth-order valence-electron chi connectivity index (χ4n) is 7.46. The molecular weight excluding hydrogens is 586 g/mol. The lowest BCUT2D eigenvalue weighted by Crippen LogP contribution is -2.55. The van der Waals surface area contributed by atoms with Crippen molar-refractivity contribution in [2.45, 2.75) is 62.5 Å². The van der Waals surface area contributed by atoms with E-state index in [0.717, 1.165) is 34.7 Å². The zero-order chi connectivity index (χ0) is 32.3. The maximum atomic E-state index is 14.8. The third-order valence-corrected chi connectivity index (χ3v) is 11.3. The van der Waals surface area contributed by atoms with Crippen molar-refractivity contribution in [3.8, 4) is 5.75 Å². The van der Waals surface area contributed by atoms with Gasteiger partial charge in [-0.1, -0.05) is 24.3 Å². The number of hydrogen-bond donors (Lipinski definition) is 1. The summed E-state index contributed by atoms with van der Waals surface area (Å²) in [5.41, 5.74) is 3.53. The Bertz CT molecular complexity index is 1440. The lowest BCUT2D eigenvalue weighted by Gasteiger charge is -2.38. The second-order valence-corrected chi connectivity index (χ2v) is 13.8. The van der Waals surface area contributed by atoms with Crippen molar-refractivity contribution in [3.63, 3.8) is 0 Å². The highest BCUT2D eigenvalue weighted by Gasteiger charge is 2.74. The number of fused-ring (bicyclic) bond motifs is 1. The molecule has 0 aromatic heterocycles. The summed E-state index contributed by atoms with van der Waals surface area (Å²) in [6.07, 6.45) is 5.97. The first-order valence-corrected chi connectivity index (χ1v) is 16.8. The van der Waals surface area contributed by atoms with Gasteiger partial charge in [0.1, 0.15) is 11.8 Å². The van der Waals surface area contributed by atoms with Gasteiger partial charge in [-0.05, 0) is 87.9 Å². The Morgan fingerprint density at radius 1 is 1.07 bits per heavy atom. The van der Waals surface area contributed by atoms with Crippen molar-refractivity contribution in [2.75, 3.05) is 42.6 Å². The number of ether oxygens (including phenoxy) is 1. The largest absolute Gasteiger partial charge is 0.494 e. The molecule has 0 saturated carbocycles. The fraction of sp³-hybridized carbons (Fsp3) is 0.472. The van der Waals surface area contributed by atoms with E-state index in [1.807, 2.05) is 63.2 Å². The minimum absolute atomic E-state index is 0.0107. The molecule has 8 nitrogen and oxygen atoms in total. The second-order valence-electron chi connectivity index (χ2n) is 12.2. The van der Waals surface area contributed by atoms with Crippen LogP contribution >= 0.6 is 11.8 Å². The zero-order valence-electron chi connectivity index (χ0n) is 26.6. The number of rotatable bonds is 14. The van der Waals surface area contributed by atoms with Crippen molar-refractivity contribution < 1.29 is 24.2 Å². The molecule has 2 aromatic carbocycles. The standard InChI is InChI=1S/C36H45N3O5S/c1-6-19-37(26-13-15-27(16-14-26)44-8-3)33(41)30-29-17-18-36(45-29)31(30)34(42)39(21-9-10-22-40)32(36)35(43)38(20-7-2)28-23-24(4)11-12-25(28)5/h6-7,11-16,23,29-32,40H,1-2,8-10,17-22H2,3-5H3/t29-,30+,31-,32?,36?/m0/s1. The minimum atomic E-state index is -0.723. The van der Waals surface area contributed by atoms with Crippen LogP contribution in [0.2, 0.25) is 0 Å². The number of anilines is 2. The van der Waals surface area contributed by atoms with Crippen LogP contribution in [0, 0.1) is 25.7 Å². The highest BCUT2D eigenvalue weighted by molar-refractivity contribution is 8.02. The first kappa shape index (κ1) is 32.8. The normalized spacial score (nSPS) is 24.8. The molecule has 45 heavy (non-hydrogen) atoms. The Morgan fingerprint density at radius 3 is 2.44 bits per heavy atom. The monoisotopic (exact) mass is 631 g/mol. The molecule has 3 heterocycles. The number of carbonyl (C=O) groups excluding carboxylic acids is 3. The van der Waals surface area contributed by atoms with E-state index in [1.54, 1.807) is 38.6 Å². The molecule has 5 atom stereocenters. The number of likely N-dealkylation sites (tertiary alicyclic amines) is 1. The molecule has 2 bridgehead atoms. The number of aliphatic hydroxyl groups is 1. The van der Waals surface area contributed by atoms with E-state index in [2.05, 4.69) is 13.2 Å². The molecule has 0 aliphatic carbocycles. The predicted molar refractivity (Wildman–Crippen MR) is 181 cm³/mol. The van der Waals surface area contributed by atoms with Crippen molar-refractivity contribution in [1.29, 1.82) is 0 Å². The van der Waals surface area contributed by atoms with Gasteiger partial charge in [0.2, 0.25) is 11.8 Å². The third-order valence-electron chi connectivity index (χ3n) is 9.40. The number of carbonyl (C=O) groups is 3. The van der Waals surface area contributed by atoms with E-state index >= 15 is 0 Å². The second kappa shape index (κ2) is 13.8. The topological polar surface area (TPSA) is 90.4 Å². The van der Waals surface area contributed by atoms with Crippen LogP contribution in [0.1, 0.15) is 43.7 Å². The summed E-state index contributed by atoms with van der Waals surface area (Å²) >= 11 is 1.67. The van der Waals surface area contributed by atoms with Gasteiger partial charge in [0.05, 0.1) is 23.2 Å². The smallest absolute Gasteiger partial charge is 0.251 e. The van der Waals surface area contributed by atoms with Crippen LogP contribution < -0.4 is 14.5 Å². The van der Waals surface area contributed by atoms with Gasteiger partial charge in [-0.3, -0.25) is 14.4 Å². The Balaban J connectivity index is 1.54. The molecule has 2 aromatic rings. The number of aryl methyl sites for hydroxylation is 2. The number of hydrogen-bond acceptors (Lipinski definition) is 6. The Labute approximate surface area is 271 Å². The van der Waals surface area contributed by atoms with Gasteiger partial charge < -0.3 is 24.5 Å². The van der Waals surface area contributed by atoms with E-state index in [-0.39, 0.29) is 29.6 Å². The van der Waals surface area contributed by atoms with Gasteiger partial charge >= 0.3 is 0 Å². The van der Waals surface area contributed by atoms with Crippen molar-refractivity contribution in [1.82, 2.24) is 4.90 Å². The van der Waals surface area contributed by atoms with Crippen LogP contribution in [0.25, 0.3) is 0 Å². The quantitative estimate of drug-likeness (QED) is 0.225. The summed E-state index contributed by atoms with van der Waals surface area (Å²) < 4.78 is 4.89. The van der Waals surface area contributed by atoms with Crippen LogP contribution in [0.3, 0.4) is 0 Å². The van der Waals surface area contributed by atoms with Gasteiger partial charge in [0.15, 0.2) is 0 Å². The highest BCUT2D eigenvalue weighted by Crippen LogP contribution is 2.67. The van der Waals surface area contributed by atoms with E-state index in [0.29, 0.717) is 45.5 Å². The summed E-state index contributed by atoms with van der Waals surface area (Å²) in [5, 5.41) is 9.47. The summed E-state index contributed by atoms with van der Waals surface area (Å²) in [5.74, 6) is -0.841. The molecular formula is C36H45N3O5S. The number of thioether (sulfide) groups is 1. The zero-order valence-corrected chi connectivity index (χ0v) is 27.4. The Kier molecular flexibility index (Phi) is 10.1. The summed E-state index contributed by atoms with van der Waals surface area (Å²) in [7, 11) is 0. The molecule has 2 unspecified atom stereocenters. The number of unbranched alkanes of at least 4 members (excludes halogenated alkanes) is 1. The maximum absolute atomic E-state index is 14.8. The third kappa shape index (κ3) is 5.92. The molecule has 240 valence electrons. The molecule has 0 radical (unpaired) electrons. The first-order valence-electron chi connectivity index (χ1n) is 16.0. The van der Waals surface area contributed by atoms with Crippen molar-refractivity contribution >= 4 is 40.9 Å².